The van der Waals surface area contributed by atoms with E-state index in [9.17, 15) is 0 Å². The number of ether oxygens (including phenoxy) is 1. The van der Waals surface area contributed by atoms with Crippen molar-refractivity contribution in [2.24, 2.45) is 5.92 Å². The van der Waals surface area contributed by atoms with Crippen molar-refractivity contribution in [1.29, 1.82) is 0 Å². The summed E-state index contributed by atoms with van der Waals surface area (Å²) >= 11 is 0. The molecule has 1 saturated carbocycles. The summed E-state index contributed by atoms with van der Waals surface area (Å²) in [6.07, 6.45) is 7.06. The minimum absolute atomic E-state index is 0.736. The molecule has 2 fully saturated rings. The largest absolute Gasteiger partial charge is 0.381 e. The Morgan fingerprint density at radius 2 is 2.05 bits per heavy atom. The lowest BCUT2D eigenvalue weighted by molar-refractivity contribution is 0.0685. The molecule has 0 atom stereocenters. The summed E-state index contributed by atoms with van der Waals surface area (Å²) in [7, 11) is 2.21. The summed E-state index contributed by atoms with van der Waals surface area (Å²) in [4.78, 5) is 6.89. The molecule has 1 aromatic heterocycles. The fourth-order valence-corrected chi connectivity index (χ4v) is 3.02. The van der Waals surface area contributed by atoms with Gasteiger partial charge in [-0.05, 0) is 44.6 Å². The fourth-order valence-electron chi connectivity index (χ4n) is 3.02. The monoisotopic (exact) mass is 289 g/mol. The molecule has 0 bridgehead atoms. The van der Waals surface area contributed by atoms with Crippen molar-refractivity contribution in [1.82, 2.24) is 10.3 Å². The number of nitrogens with one attached hydrogen (secondary N) is 1. The second-order valence-corrected chi connectivity index (χ2v) is 6.55. The third-order valence-corrected chi connectivity index (χ3v) is 4.54. The molecule has 1 aromatic rings. The molecule has 4 nitrogen and oxygen atoms in total. The van der Waals surface area contributed by atoms with Gasteiger partial charge in [0.1, 0.15) is 0 Å². The first-order valence-corrected chi connectivity index (χ1v) is 8.20. The Hall–Kier alpha value is -1.13. The third kappa shape index (κ3) is 4.17. The van der Waals surface area contributed by atoms with Crippen molar-refractivity contribution in [2.75, 3.05) is 31.7 Å². The van der Waals surface area contributed by atoms with Crippen molar-refractivity contribution in [3.63, 3.8) is 0 Å². The fraction of sp³-hybridized carbons (Fsp3) is 0.706. The van der Waals surface area contributed by atoms with Gasteiger partial charge < -0.3 is 15.0 Å². The van der Waals surface area contributed by atoms with E-state index < -0.39 is 0 Å². The number of nitrogens with zero attached hydrogens (tertiary/aromatic N) is 2. The number of anilines is 1. The molecule has 21 heavy (non-hydrogen) atoms. The Labute approximate surface area is 127 Å². The minimum atomic E-state index is 0.736. The van der Waals surface area contributed by atoms with Crippen molar-refractivity contribution >= 4 is 5.69 Å². The molecule has 0 spiro atoms. The molecule has 0 aromatic carbocycles. The highest BCUT2D eigenvalue weighted by atomic mass is 16.5. The molecule has 1 N–H and O–H groups in total. The molecule has 2 aliphatic rings. The molecule has 0 unspecified atom stereocenters. The van der Waals surface area contributed by atoms with Gasteiger partial charge in [-0.2, -0.15) is 0 Å². The van der Waals surface area contributed by atoms with Gasteiger partial charge in [0.25, 0.3) is 0 Å². The first kappa shape index (κ1) is 14.8. The number of aromatic nitrogens is 1. The van der Waals surface area contributed by atoms with Crippen LogP contribution in [0.5, 0.6) is 0 Å². The van der Waals surface area contributed by atoms with E-state index in [0.29, 0.717) is 0 Å². The van der Waals surface area contributed by atoms with Gasteiger partial charge >= 0.3 is 0 Å². The van der Waals surface area contributed by atoms with E-state index in [0.717, 1.165) is 44.0 Å². The van der Waals surface area contributed by atoms with E-state index in [1.807, 2.05) is 6.20 Å². The normalized spacial score (nSPS) is 19.7. The zero-order valence-corrected chi connectivity index (χ0v) is 13.3. The van der Waals surface area contributed by atoms with Crippen LogP contribution in [-0.4, -0.2) is 37.8 Å². The summed E-state index contributed by atoms with van der Waals surface area (Å²) in [5.41, 5.74) is 3.75. The zero-order valence-electron chi connectivity index (χ0n) is 13.3. The van der Waals surface area contributed by atoms with E-state index in [-0.39, 0.29) is 0 Å². The molecule has 1 saturated heterocycles. The molecule has 1 aliphatic carbocycles. The second-order valence-electron chi connectivity index (χ2n) is 6.55. The van der Waals surface area contributed by atoms with Crippen LogP contribution in [0.15, 0.2) is 12.3 Å². The Morgan fingerprint density at radius 3 is 2.76 bits per heavy atom. The molecular weight excluding hydrogens is 262 g/mol. The highest BCUT2D eigenvalue weighted by Crippen LogP contribution is 2.25. The maximum atomic E-state index is 5.46. The predicted molar refractivity (Wildman–Crippen MR) is 85.6 cm³/mol. The first-order valence-electron chi connectivity index (χ1n) is 8.20. The maximum Gasteiger partial charge on any atom is 0.0469 e. The van der Waals surface area contributed by atoms with Gasteiger partial charge in [0.15, 0.2) is 0 Å². The average molecular weight is 289 g/mol. The van der Waals surface area contributed by atoms with Gasteiger partial charge in [-0.3, -0.25) is 4.98 Å². The topological polar surface area (TPSA) is 37.4 Å². The van der Waals surface area contributed by atoms with Gasteiger partial charge in [0.2, 0.25) is 0 Å². The average Bonchev–Trinajstić information content (AvgIpc) is 3.31. The molecular formula is C17H27N3O. The van der Waals surface area contributed by atoms with Gasteiger partial charge in [-0.15, -0.1) is 0 Å². The summed E-state index contributed by atoms with van der Waals surface area (Å²) in [6, 6.07) is 2.96. The van der Waals surface area contributed by atoms with Crippen molar-refractivity contribution in [3.8, 4) is 0 Å². The summed E-state index contributed by atoms with van der Waals surface area (Å²) in [5.74, 6) is 0.751. The van der Waals surface area contributed by atoms with Crippen LogP contribution in [0.25, 0.3) is 0 Å². The standard InChI is InChI=1S/C17H27N3O/c1-13-9-17(15(10-18-13)11-19-16-3-4-16)20(2)12-14-5-7-21-8-6-14/h9-10,14,16,19H,3-8,11-12H2,1-2H3. The van der Waals surface area contributed by atoms with Crippen molar-refractivity contribution < 1.29 is 4.74 Å². The Kier molecular flexibility index (Phi) is 4.76. The first-order chi connectivity index (χ1) is 10.2. The number of pyridine rings is 1. The number of rotatable bonds is 6. The van der Waals surface area contributed by atoms with Gasteiger partial charge in [0, 0.05) is 62.5 Å². The van der Waals surface area contributed by atoms with Crippen LogP contribution >= 0.6 is 0 Å². The van der Waals surface area contributed by atoms with Crippen molar-refractivity contribution in [2.45, 2.75) is 45.2 Å². The third-order valence-electron chi connectivity index (χ3n) is 4.54. The van der Waals surface area contributed by atoms with Crippen LogP contribution < -0.4 is 10.2 Å². The quantitative estimate of drug-likeness (QED) is 0.873. The molecule has 1 aliphatic heterocycles. The number of aryl methyl sites for hydroxylation is 1. The van der Waals surface area contributed by atoms with Crippen molar-refractivity contribution in [3.05, 3.63) is 23.5 Å². The van der Waals surface area contributed by atoms with Crippen LogP contribution in [0.2, 0.25) is 0 Å². The molecule has 0 radical (unpaired) electrons. The Bertz CT molecular complexity index is 467. The predicted octanol–water partition coefficient (Wildman–Crippen LogP) is 2.50. The number of hydrogen-bond acceptors (Lipinski definition) is 4. The zero-order chi connectivity index (χ0) is 14.7. The van der Waals surface area contributed by atoms with Crippen LogP contribution in [0, 0.1) is 12.8 Å². The Balaban J connectivity index is 1.66. The summed E-state index contributed by atoms with van der Waals surface area (Å²) < 4.78 is 5.46. The van der Waals surface area contributed by atoms with E-state index in [4.69, 9.17) is 4.74 Å². The highest BCUT2D eigenvalue weighted by molar-refractivity contribution is 5.53. The second kappa shape index (κ2) is 6.75. The van der Waals surface area contributed by atoms with Crippen LogP contribution in [0.1, 0.15) is 36.9 Å². The lowest BCUT2D eigenvalue weighted by atomic mass is 9.99. The number of hydrogen-bond donors (Lipinski definition) is 1. The van der Waals surface area contributed by atoms with Gasteiger partial charge in [-0.25, -0.2) is 0 Å². The van der Waals surface area contributed by atoms with Gasteiger partial charge in [0.05, 0.1) is 0 Å². The van der Waals surface area contributed by atoms with E-state index >= 15 is 0 Å². The summed E-state index contributed by atoms with van der Waals surface area (Å²) in [5, 5.41) is 3.60. The van der Waals surface area contributed by atoms with Crippen LogP contribution in [-0.2, 0) is 11.3 Å². The smallest absolute Gasteiger partial charge is 0.0469 e. The molecule has 116 valence electrons. The molecule has 0 amide bonds. The minimum Gasteiger partial charge on any atom is -0.381 e. The van der Waals surface area contributed by atoms with E-state index in [2.05, 4.69) is 35.2 Å². The lowest BCUT2D eigenvalue weighted by Gasteiger charge is -2.30. The van der Waals surface area contributed by atoms with Crippen LogP contribution in [0.3, 0.4) is 0 Å². The molecule has 2 heterocycles. The SMILES string of the molecule is Cc1cc(N(C)CC2CCOCC2)c(CNC2CC2)cn1. The van der Waals surface area contributed by atoms with E-state index in [1.54, 1.807) is 0 Å². The molecule has 4 heteroatoms. The Morgan fingerprint density at radius 1 is 1.29 bits per heavy atom. The maximum absolute atomic E-state index is 5.46. The summed E-state index contributed by atoms with van der Waals surface area (Å²) in [6.45, 7) is 5.96. The van der Waals surface area contributed by atoms with Crippen LogP contribution in [0.4, 0.5) is 5.69 Å². The molecule has 3 rings (SSSR count). The van der Waals surface area contributed by atoms with E-state index in [1.165, 1.54) is 36.9 Å². The lowest BCUT2D eigenvalue weighted by Crippen LogP contribution is -2.30. The van der Waals surface area contributed by atoms with Gasteiger partial charge in [-0.1, -0.05) is 0 Å². The highest BCUT2D eigenvalue weighted by Gasteiger charge is 2.22.